The highest BCUT2D eigenvalue weighted by Gasteiger charge is 2.15. The number of hydrogen-bond acceptors (Lipinski definition) is 3. The number of benzene rings is 1. The van der Waals surface area contributed by atoms with Crippen LogP contribution in [0.25, 0.3) is 0 Å². The van der Waals surface area contributed by atoms with E-state index in [-0.39, 0.29) is 16.9 Å². The lowest BCUT2D eigenvalue weighted by molar-refractivity contribution is 0.0698. The number of carbonyl (C=O) groups excluding carboxylic acids is 1. The molecule has 1 heterocycles. The van der Waals surface area contributed by atoms with E-state index in [0.29, 0.717) is 5.02 Å². The first kappa shape index (κ1) is 14.7. The first-order valence-electron chi connectivity index (χ1n) is 5.43. The Labute approximate surface area is 133 Å². The van der Waals surface area contributed by atoms with Gasteiger partial charge in [-0.05, 0) is 52.9 Å². The lowest BCUT2D eigenvalue weighted by Gasteiger charge is -2.08. The van der Waals surface area contributed by atoms with Crippen LogP contribution < -0.4 is 5.32 Å². The maximum atomic E-state index is 12.0. The van der Waals surface area contributed by atoms with Crippen LogP contribution in [-0.4, -0.2) is 22.0 Å². The lowest BCUT2D eigenvalue weighted by Crippen LogP contribution is -2.16. The molecular formula is C13H8ClIN2O3. The van der Waals surface area contributed by atoms with Crippen molar-refractivity contribution in [2.45, 2.75) is 0 Å². The van der Waals surface area contributed by atoms with Crippen molar-refractivity contribution in [2.75, 3.05) is 5.32 Å². The van der Waals surface area contributed by atoms with Crippen molar-refractivity contribution in [3.05, 3.63) is 56.4 Å². The van der Waals surface area contributed by atoms with E-state index in [4.69, 9.17) is 16.7 Å². The van der Waals surface area contributed by atoms with Gasteiger partial charge in [0, 0.05) is 14.8 Å². The Hall–Kier alpha value is -1.67. The normalized spacial score (nSPS) is 10.1. The van der Waals surface area contributed by atoms with Crippen LogP contribution in [0, 0.1) is 3.57 Å². The van der Waals surface area contributed by atoms with Crippen molar-refractivity contribution in [1.82, 2.24) is 4.98 Å². The van der Waals surface area contributed by atoms with E-state index < -0.39 is 11.9 Å². The van der Waals surface area contributed by atoms with Gasteiger partial charge < -0.3 is 10.4 Å². The first-order chi connectivity index (χ1) is 9.47. The number of anilines is 1. The number of carboxylic acid groups (broad SMARTS) is 1. The first-order valence-corrected chi connectivity index (χ1v) is 6.89. The molecule has 0 bridgehead atoms. The van der Waals surface area contributed by atoms with Crippen LogP contribution >= 0.6 is 34.2 Å². The number of carboxylic acids is 1. The number of aromatic carboxylic acids is 1. The SMILES string of the molecule is O=C(Nc1ccc(I)cc1C(=O)O)c1cc(Cl)ccn1. The van der Waals surface area contributed by atoms with Crippen molar-refractivity contribution in [3.8, 4) is 0 Å². The molecule has 0 saturated carbocycles. The molecule has 0 spiro atoms. The maximum Gasteiger partial charge on any atom is 0.337 e. The van der Waals surface area contributed by atoms with E-state index in [1.54, 1.807) is 12.1 Å². The lowest BCUT2D eigenvalue weighted by atomic mass is 10.1. The zero-order valence-corrected chi connectivity index (χ0v) is 12.8. The molecular weight excluding hydrogens is 395 g/mol. The van der Waals surface area contributed by atoms with Gasteiger partial charge >= 0.3 is 5.97 Å². The van der Waals surface area contributed by atoms with Crippen molar-refractivity contribution >= 4 is 51.8 Å². The third kappa shape index (κ3) is 3.45. The molecule has 2 N–H and O–H groups in total. The molecule has 1 aromatic heterocycles. The van der Waals surface area contributed by atoms with Crippen molar-refractivity contribution in [2.24, 2.45) is 0 Å². The second-order valence-corrected chi connectivity index (χ2v) is 5.49. The highest BCUT2D eigenvalue weighted by atomic mass is 127. The summed E-state index contributed by atoms with van der Waals surface area (Å²) in [7, 11) is 0. The summed E-state index contributed by atoms with van der Waals surface area (Å²) in [4.78, 5) is 27.0. The Morgan fingerprint density at radius 1 is 1.25 bits per heavy atom. The molecule has 20 heavy (non-hydrogen) atoms. The number of pyridine rings is 1. The highest BCUT2D eigenvalue weighted by molar-refractivity contribution is 14.1. The van der Waals surface area contributed by atoms with Crippen molar-refractivity contribution in [3.63, 3.8) is 0 Å². The van der Waals surface area contributed by atoms with Crippen LogP contribution in [0.3, 0.4) is 0 Å². The Bertz CT molecular complexity index is 691. The average molecular weight is 403 g/mol. The van der Waals surface area contributed by atoms with Crippen LogP contribution in [0.5, 0.6) is 0 Å². The second-order valence-electron chi connectivity index (χ2n) is 3.81. The zero-order valence-electron chi connectivity index (χ0n) is 9.93. The van der Waals surface area contributed by atoms with Crippen LogP contribution in [0.1, 0.15) is 20.8 Å². The monoisotopic (exact) mass is 402 g/mol. The third-order valence-corrected chi connectivity index (χ3v) is 3.32. The molecule has 7 heteroatoms. The summed E-state index contributed by atoms with van der Waals surface area (Å²) in [5, 5.41) is 12.0. The summed E-state index contributed by atoms with van der Waals surface area (Å²) in [6.07, 6.45) is 1.41. The number of nitrogens with zero attached hydrogens (tertiary/aromatic N) is 1. The molecule has 0 radical (unpaired) electrons. The Balaban J connectivity index is 2.30. The number of halogens is 2. The van der Waals surface area contributed by atoms with Gasteiger partial charge in [-0.3, -0.25) is 9.78 Å². The topological polar surface area (TPSA) is 79.3 Å². The Morgan fingerprint density at radius 3 is 2.65 bits per heavy atom. The standard InChI is InChI=1S/C13H8ClIN2O3/c14-7-3-4-16-11(5-7)12(18)17-10-2-1-8(15)6-9(10)13(19)20/h1-6H,(H,17,18)(H,19,20). The number of carbonyl (C=O) groups is 2. The minimum Gasteiger partial charge on any atom is -0.478 e. The molecule has 0 aliphatic carbocycles. The molecule has 102 valence electrons. The summed E-state index contributed by atoms with van der Waals surface area (Å²) >= 11 is 7.78. The second kappa shape index (κ2) is 6.19. The third-order valence-electron chi connectivity index (χ3n) is 2.41. The van der Waals surface area contributed by atoms with E-state index >= 15 is 0 Å². The number of nitrogens with one attached hydrogen (secondary N) is 1. The highest BCUT2D eigenvalue weighted by Crippen LogP contribution is 2.20. The van der Waals surface area contributed by atoms with Crippen molar-refractivity contribution < 1.29 is 14.7 Å². The molecule has 0 aliphatic heterocycles. The molecule has 0 unspecified atom stereocenters. The molecule has 1 amide bonds. The van der Waals surface area contributed by atoms with E-state index in [1.165, 1.54) is 24.4 Å². The number of aromatic nitrogens is 1. The maximum absolute atomic E-state index is 12.0. The van der Waals surface area contributed by atoms with Crippen molar-refractivity contribution in [1.29, 1.82) is 0 Å². The van der Waals surface area contributed by atoms with Crippen LogP contribution in [-0.2, 0) is 0 Å². The molecule has 2 aromatic rings. The fourth-order valence-corrected chi connectivity index (χ4v) is 2.17. The molecule has 1 aromatic carbocycles. The van der Waals surface area contributed by atoms with Crippen LogP contribution in [0.2, 0.25) is 5.02 Å². The quantitative estimate of drug-likeness (QED) is 0.772. The van der Waals surface area contributed by atoms with Crippen LogP contribution in [0.4, 0.5) is 5.69 Å². The molecule has 0 atom stereocenters. The molecule has 0 saturated heterocycles. The van der Waals surface area contributed by atoms with E-state index in [1.807, 2.05) is 22.6 Å². The average Bonchev–Trinajstić information content (AvgIpc) is 2.40. The van der Waals surface area contributed by atoms with Gasteiger partial charge in [-0.15, -0.1) is 0 Å². The summed E-state index contributed by atoms with van der Waals surface area (Å²) in [6, 6.07) is 7.67. The smallest absolute Gasteiger partial charge is 0.337 e. The Morgan fingerprint density at radius 2 is 2.00 bits per heavy atom. The molecule has 0 fully saturated rings. The summed E-state index contributed by atoms with van der Waals surface area (Å²) in [5.41, 5.74) is 0.351. The van der Waals surface area contributed by atoms with Gasteiger partial charge in [0.05, 0.1) is 11.3 Å². The number of hydrogen-bond donors (Lipinski definition) is 2. The summed E-state index contributed by atoms with van der Waals surface area (Å²) in [6.45, 7) is 0. The fourth-order valence-electron chi connectivity index (χ4n) is 1.52. The van der Waals surface area contributed by atoms with Gasteiger partial charge in [0.15, 0.2) is 0 Å². The summed E-state index contributed by atoms with van der Waals surface area (Å²) < 4.78 is 0.763. The van der Waals surface area contributed by atoms with E-state index in [2.05, 4.69) is 10.3 Å². The van der Waals surface area contributed by atoms with E-state index in [0.717, 1.165) is 3.57 Å². The number of amides is 1. The van der Waals surface area contributed by atoms with Gasteiger partial charge in [-0.25, -0.2) is 4.79 Å². The molecule has 0 aliphatic rings. The molecule has 5 nitrogen and oxygen atoms in total. The molecule has 2 rings (SSSR count). The van der Waals surface area contributed by atoms with Gasteiger partial charge in [0.2, 0.25) is 0 Å². The van der Waals surface area contributed by atoms with Gasteiger partial charge in [0.1, 0.15) is 5.69 Å². The van der Waals surface area contributed by atoms with Gasteiger partial charge in [-0.2, -0.15) is 0 Å². The fraction of sp³-hybridized carbons (Fsp3) is 0. The number of rotatable bonds is 3. The minimum atomic E-state index is -1.11. The van der Waals surface area contributed by atoms with Crippen LogP contribution in [0.15, 0.2) is 36.5 Å². The summed E-state index contributed by atoms with van der Waals surface area (Å²) in [5.74, 6) is -1.63. The van der Waals surface area contributed by atoms with Gasteiger partial charge in [0.25, 0.3) is 5.91 Å². The van der Waals surface area contributed by atoms with Gasteiger partial charge in [-0.1, -0.05) is 11.6 Å². The Kier molecular flexibility index (Phi) is 4.56. The van der Waals surface area contributed by atoms with E-state index in [9.17, 15) is 9.59 Å². The zero-order chi connectivity index (χ0) is 14.7. The largest absolute Gasteiger partial charge is 0.478 e. The minimum absolute atomic E-state index is 0.0206. The predicted octanol–water partition coefficient (Wildman–Crippen LogP) is 3.29. The predicted molar refractivity (Wildman–Crippen MR) is 83.3 cm³/mol.